The number of carbonyl (C=O) groups is 3. The second kappa shape index (κ2) is 7.08. The fourth-order valence-electron chi connectivity index (χ4n) is 2.63. The number of rotatable bonds is 4. The highest BCUT2D eigenvalue weighted by atomic mass is 16.6. The highest BCUT2D eigenvalue weighted by Crippen LogP contribution is 2.25. The van der Waals surface area contributed by atoms with Crippen molar-refractivity contribution >= 4 is 23.4 Å². The third kappa shape index (κ3) is 4.91. The van der Waals surface area contributed by atoms with Gasteiger partial charge in [-0.05, 0) is 32.8 Å². The number of ether oxygens (including phenoxy) is 1. The maximum atomic E-state index is 12.0. The van der Waals surface area contributed by atoms with Crippen molar-refractivity contribution in [1.82, 2.24) is 14.7 Å². The lowest BCUT2D eigenvalue weighted by molar-refractivity contribution is -0.155. The molecule has 0 aliphatic carbocycles. The molecule has 8 heteroatoms. The van der Waals surface area contributed by atoms with Gasteiger partial charge in [0.15, 0.2) is 5.69 Å². The summed E-state index contributed by atoms with van der Waals surface area (Å²) in [6.45, 7) is 7.79. The SMILES string of the molecule is CC(=O)N1CC=C(c2cn(CC(=O)OC(C)(C)C)nc2C(N)=O)CC1. The van der Waals surface area contributed by atoms with Gasteiger partial charge in [0.05, 0.1) is 0 Å². The monoisotopic (exact) mass is 348 g/mol. The van der Waals surface area contributed by atoms with E-state index in [1.807, 2.05) is 6.08 Å². The average molecular weight is 348 g/mol. The Morgan fingerprint density at radius 2 is 2.00 bits per heavy atom. The number of aromatic nitrogens is 2. The number of nitrogens with two attached hydrogens (primary N) is 1. The molecule has 1 aliphatic rings. The molecule has 1 aliphatic heterocycles. The van der Waals surface area contributed by atoms with Crippen LogP contribution < -0.4 is 5.73 Å². The zero-order valence-electron chi connectivity index (χ0n) is 15.0. The van der Waals surface area contributed by atoms with E-state index >= 15 is 0 Å². The molecule has 0 saturated heterocycles. The molecule has 0 saturated carbocycles. The predicted octanol–water partition coefficient (Wildman–Crippen LogP) is 0.959. The van der Waals surface area contributed by atoms with Gasteiger partial charge in [0.25, 0.3) is 5.91 Å². The average Bonchev–Trinajstić information content (AvgIpc) is 2.89. The lowest BCUT2D eigenvalue weighted by atomic mass is 9.99. The van der Waals surface area contributed by atoms with Gasteiger partial charge in [-0.1, -0.05) is 6.08 Å². The second-order valence-electron chi connectivity index (χ2n) is 6.98. The Kier molecular flexibility index (Phi) is 5.30. The van der Waals surface area contributed by atoms with Crippen molar-refractivity contribution in [3.05, 3.63) is 23.5 Å². The van der Waals surface area contributed by atoms with Gasteiger partial charge in [-0.25, -0.2) is 0 Å². The molecule has 0 radical (unpaired) electrons. The Bertz CT molecular complexity index is 727. The number of primary amides is 1. The molecular formula is C17H24N4O4. The molecule has 0 spiro atoms. The molecule has 8 nitrogen and oxygen atoms in total. The standard InChI is InChI=1S/C17H24N4O4/c1-11(22)20-7-5-12(6-8-20)13-9-21(19-15(13)16(18)24)10-14(23)25-17(2,3)4/h5,9H,6-8,10H2,1-4H3,(H2,18,24). The fourth-order valence-corrected chi connectivity index (χ4v) is 2.63. The molecule has 25 heavy (non-hydrogen) atoms. The Hall–Kier alpha value is -2.64. The van der Waals surface area contributed by atoms with Crippen molar-refractivity contribution in [2.75, 3.05) is 13.1 Å². The van der Waals surface area contributed by atoms with Crippen LogP contribution in [0.4, 0.5) is 0 Å². The predicted molar refractivity (Wildman–Crippen MR) is 91.4 cm³/mol. The molecule has 0 atom stereocenters. The van der Waals surface area contributed by atoms with Gasteiger partial charge in [0.2, 0.25) is 5.91 Å². The van der Waals surface area contributed by atoms with E-state index in [-0.39, 0.29) is 18.1 Å². The molecule has 2 rings (SSSR count). The van der Waals surface area contributed by atoms with E-state index in [1.165, 1.54) is 11.6 Å². The molecule has 0 bridgehead atoms. The molecule has 2 amide bonds. The maximum absolute atomic E-state index is 12.0. The summed E-state index contributed by atoms with van der Waals surface area (Å²) in [4.78, 5) is 36.8. The van der Waals surface area contributed by atoms with Gasteiger partial charge in [-0.15, -0.1) is 0 Å². The first-order valence-electron chi connectivity index (χ1n) is 8.11. The molecule has 1 aromatic heterocycles. The molecule has 1 aromatic rings. The van der Waals surface area contributed by atoms with Gasteiger partial charge in [-0.2, -0.15) is 5.10 Å². The number of nitrogens with zero attached hydrogens (tertiary/aromatic N) is 3. The first kappa shape index (κ1) is 18.7. The largest absolute Gasteiger partial charge is 0.459 e. The summed E-state index contributed by atoms with van der Waals surface area (Å²) in [5.41, 5.74) is 6.43. The first-order valence-corrected chi connectivity index (χ1v) is 8.11. The van der Waals surface area contributed by atoms with E-state index in [1.54, 1.807) is 31.9 Å². The summed E-state index contributed by atoms with van der Waals surface area (Å²) >= 11 is 0. The fraction of sp³-hybridized carbons (Fsp3) is 0.529. The van der Waals surface area contributed by atoms with Crippen molar-refractivity contribution in [3.8, 4) is 0 Å². The van der Waals surface area contributed by atoms with Crippen molar-refractivity contribution in [2.24, 2.45) is 5.73 Å². The number of hydrogen-bond acceptors (Lipinski definition) is 5. The first-order chi connectivity index (χ1) is 11.6. The molecular weight excluding hydrogens is 324 g/mol. The van der Waals surface area contributed by atoms with Crippen LogP contribution in [0.5, 0.6) is 0 Å². The third-order valence-corrected chi connectivity index (χ3v) is 3.71. The van der Waals surface area contributed by atoms with E-state index in [9.17, 15) is 14.4 Å². The van der Waals surface area contributed by atoms with E-state index < -0.39 is 17.5 Å². The second-order valence-corrected chi connectivity index (χ2v) is 6.98. The number of esters is 1. The molecule has 0 aromatic carbocycles. The third-order valence-electron chi connectivity index (χ3n) is 3.71. The van der Waals surface area contributed by atoms with Crippen LogP contribution in [0.15, 0.2) is 12.3 Å². The summed E-state index contributed by atoms with van der Waals surface area (Å²) in [5.74, 6) is -1.10. The van der Waals surface area contributed by atoms with Crippen LogP contribution in [0.3, 0.4) is 0 Å². The molecule has 136 valence electrons. The zero-order chi connectivity index (χ0) is 18.8. The lowest BCUT2D eigenvalue weighted by Crippen LogP contribution is -2.32. The summed E-state index contributed by atoms with van der Waals surface area (Å²) in [6.07, 6.45) is 4.10. The van der Waals surface area contributed by atoms with E-state index in [0.29, 0.717) is 25.1 Å². The van der Waals surface area contributed by atoms with Crippen LogP contribution in [0.1, 0.15) is 50.2 Å². The number of carbonyl (C=O) groups excluding carboxylic acids is 3. The van der Waals surface area contributed by atoms with Crippen LogP contribution in [0.2, 0.25) is 0 Å². The van der Waals surface area contributed by atoms with Crippen molar-refractivity contribution in [2.45, 2.75) is 46.3 Å². The van der Waals surface area contributed by atoms with E-state index in [4.69, 9.17) is 10.5 Å². The summed E-state index contributed by atoms with van der Waals surface area (Å²) in [7, 11) is 0. The van der Waals surface area contributed by atoms with Gasteiger partial charge >= 0.3 is 5.97 Å². The number of hydrogen-bond donors (Lipinski definition) is 1. The highest BCUT2D eigenvalue weighted by Gasteiger charge is 2.23. The Morgan fingerprint density at radius 1 is 1.32 bits per heavy atom. The van der Waals surface area contributed by atoms with Crippen molar-refractivity contribution in [1.29, 1.82) is 0 Å². The van der Waals surface area contributed by atoms with Crippen molar-refractivity contribution in [3.63, 3.8) is 0 Å². The summed E-state index contributed by atoms with van der Waals surface area (Å²) in [6, 6.07) is 0. The molecule has 0 fully saturated rings. The quantitative estimate of drug-likeness (QED) is 0.816. The summed E-state index contributed by atoms with van der Waals surface area (Å²) in [5, 5.41) is 4.13. The van der Waals surface area contributed by atoms with Crippen molar-refractivity contribution < 1.29 is 19.1 Å². The van der Waals surface area contributed by atoms with Gasteiger partial charge < -0.3 is 15.4 Å². The zero-order valence-corrected chi connectivity index (χ0v) is 15.0. The van der Waals surface area contributed by atoms with E-state index in [2.05, 4.69) is 5.10 Å². The molecule has 2 N–H and O–H groups in total. The molecule has 2 heterocycles. The number of amides is 2. The van der Waals surface area contributed by atoms with Crippen LogP contribution >= 0.6 is 0 Å². The Labute approximate surface area is 146 Å². The highest BCUT2D eigenvalue weighted by molar-refractivity contribution is 5.96. The normalized spacial score (nSPS) is 14.9. The van der Waals surface area contributed by atoms with Crippen LogP contribution in [0, 0.1) is 0 Å². The van der Waals surface area contributed by atoms with Crippen LogP contribution in [0.25, 0.3) is 5.57 Å². The van der Waals surface area contributed by atoms with Crippen LogP contribution in [-0.4, -0.2) is 51.2 Å². The summed E-state index contributed by atoms with van der Waals surface area (Å²) < 4.78 is 6.63. The molecule has 0 unspecified atom stereocenters. The minimum absolute atomic E-state index is 0.00560. The minimum Gasteiger partial charge on any atom is -0.459 e. The topological polar surface area (TPSA) is 108 Å². The lowest BCUT2D eigenvalue weighted by Gasteiger charge is -2.25. The van der Waals surface area contributed by atoms with Gasteiger partial charge in [0.1, 0.15) is 12.1 Å². The van der Waals surface area contributed by atoms with Gasteiger partial charge in [0, 0.05) is 31.8 Å². The van der Waals surface area contributed by atoms with Crippen LogP contribution in [-0.2, 0) is 20.9 Å². The smallest absolute Gasteiger partial charge is 0.328 e. The Balaban J connectivity index is 2.22. The maximum Gasteiger partial charge on any atom is 0.328 e. The van der Waals surface area contributed by atoms with E-state index in [0.717, 1.165) is 5.57 Å². The van der Waals surface area contributed by atoms with Gasteiger partial charge in [-0.3, -0.25) is 19.1 Å². The Morgan fingerprint density at radius 3 is 2.48 bits per heavy atom. The minimum atomic E-state index is -0.659.